The minimum atomic E-state index is -2.33. The highest BCUT2D eigenvalue weighted by Crippen LogP contribution is 2.07. The van der Waals surface area contributed by atoms with Crippen LogP contribution in [0, 0.1) is 6.92 Å². The molecule has 0 amide bonds. The van der Waals surface area contributed by atoms with Crippen molar-refractivity contribution in [2.24, 2.45) is 12.8 Å². The molecule has 0 aromatic carbocycles. The molecule has 0 radical (unpaired) electrons. The minimum absolute atomic E-state index is 0.249. The number of rotatable bonds is 6. The van der Waals surface area contributed by atoms with Gasteiger partial charge in [0.05, 0.1) is 17.9 Å². The molecule has 16 heavy (non-hydrogen) atoms. The fourth-order valence-corrected chi connectivity index (χ4v) is 1.65. The van der Waals surface area contributed by atoms with Crippen molar-refractivity contribution < 1.29 is 8.78 Å². The lowest BCUT2D eigenvalue weighted by molar-refractivity contribution is 0.0851. The summed E-state index contributed by atoms with van der Waals surface area (Å²) in [7, 11) is 1.81. The van der Waals surface area contributed by atoms with Gasteiger partial charge in [0, 0.05) is 26.7 Å². The summed E-state index contributed by atoms with van der Waals surface area (Å²) >= 11 is 0. The van der Waals surface area contributed by atoms with Crippen LogP contribution >= 0.6 is 0 Å². The smallest absolute Gasteiger partial charge is 0.251 e. The third kappa shape index (κ3) is 3.86. The maximum Gasteiger partial charge on any atom is 0.251 e. The predicted molar refractivity (Wildman–Crippen MR) is 58.3 cm³/mol. The van der Waals surface area contributed by atoms with E-state index in [0.717, 1.165) is 11.4 Å². The highest BCUT2D eigenvalue weighted by molar-refractivity contribution is 5.08. The van der Waals surface area contributed by atoms with Crippen LogP contribution in [0.3, 0.4) is 0 Å². The zero-order valence-electron chi connectivity index (χ0n) is 9.66. The second kappa shape index (κ2) is 5.91. The van der Waals surface area contributed by atoms with Crippen molar-refractivity contribution in [1.29, 1.82) is 0 Å². The first kappa shape index (κ1) is 13.1. The molecule has 92 valence electrons. The Labute approximate surface area is 94.0 Å². The molecule has 0 unspecified atom stereocenters. The fourth-order valence-electron chi connectivity index (χ4n) is 1.65. The van der Waals surface area contributed by atoms with E-state index in [9.17, 15) is 8.78 Å². The summed E-state index contributed by atoms with van der Waals surface area (Å²) in [5.41, 5.74) is 7.21. The van der Waals surface area contributed by atoms with Crippen LogP contribution in [0.4, 0.5) is 8.78 Å². The number of nitrogens with two attached hydrogens (primary N) is 1. The van der Waals surface area contributed by atoms with Crippen LogP contribution in [0.1, 0.15) is 11.4 Å². The van der Waals surface area contributed by atoms with Gasteiger partial charge in [-0.2, -0.15) is 5.10 Å². The third-order valence-electron chi connectivity index (χ3n) is 2.33. The lowest BCUT2D eigenvalue weighted by Gasteiger charge is -2.20. The molecule has 0 bridgehead atoms. The molecule has 1 rings (SSSR count). The Morgan fingerprint density at radius 3 is 2.69 bits per heavy atom. The molecule has 6 heteroatoms. The molecule has 0 fully saturated rings. The highest BCUT2D eigenvalue weighted by Gasteiger charge is 2.13. The van der Waals surface area contributed by atoms with Gasteiger partial charge in [0.25, 0.3) is 6.43 Å². The Kier molecular flexibility index (Phi) is 4.82. The van der Waals surface area contributed by atoms with Crippen LogP contribution in [-0.4, -0.2) is 40.7 Å². The van der Waals surface area contributed by atoms with Gasteiger partial charge in [-0.1, -0.05) is 0 Å². The number of hydrogen-bond acceptors (Lipinski definition) is 3. The molecular formula is C10H18F2N4. The Morgan fingerprint density at radius 2 is 2.25 bits per heavy atom. The maximum absolute atomic E-state index is 12.3. The SMILES string of the molecule is Cc1cc(CN(CCN)CC(F)F)n(C)n1. The van der Waals surface area contributed by atoms with Gasteiger partial charge >= 0.3 is 0 Å². The van der Waals surface area contributed by atoms with Gasteiger partial charge in [0.2, 0.25) is 0 Å². The Hall–Kier alpha value is -1.01. The van der Waals surface area contributed by atoms with Crippen molar-refractivity contribution in [2.45, 2.75) is 19.9 Å². The fraction of sp³-hybridized carbons (Fsp3) is 0.700. The Balaban J connectivity index is 2.63. The van der Waals surface area contributed by atoms with Crippen LogP contribution in [0.2, 0.25) is 0 Å². The van der Waals surface area contributed by atoms with E-state index in [1.165, 1.54) is 0 Å². The maximum atomic E-state index is 12.3. The van der Waals surface area contributed by atoms with Crippen molar-refractivity contribution in [3.05, 3.63) is 17.5 Å². The Bertz CT molecular complexity index is 325. The van der Waals surface area contributed by atoms with Gasteiger partial charge in [-0.25, -0.2) is 8.78 Å². The topological polar surface area (TPSA) is 47.1 Å². The van der Waals surface area contributed by atoms with E-state index in [4.69, 9.17) is 5.73 Å². The van der Waals surface area contributed by atoms with E-state index in [0.29, 0.717) is 19.6 Å². The zero-order valence-corrected chi connectivity index (χ0v) is 9.66. The van der Waals surface area contributed by atoms with Crippen molar-refractivity contribution in [1.82, 2.24) is 14.7 Å². The van der Waals surface area contributed by atoms with Crippen molar-refractivity contribution in [3.63, 3.8) is 0 Å². The predicted octanol–water partition coefficient (Wildman–Crippen LogP) is 0.754. The molecule has 0 aliphatic rings. The largest absolute Gasteiger partial charge is 0.329 e. The van der Waals surface area contributed by atoms with Crippen LogP contribution in [-0.2, 0) is 13.6 Å². The van der Waals surface area contributed by atoms with Gasteiger partial charge in [-0.15, -0.1) is 0 Å². The summed E-state index contributed by atoms with van der Waals surface area (Å²) in [5.74, 6) is 0. The molecule has 0 atom stereocenters. The van der Waals surface area contributed by atoms with Crippen molar-refractivity contribution in [3.8, 4) is 0 Å². The molecule has 1 aromatic heterocycles. The monoisotopic (exact) mass is 232 g/mol. The quantitative estimate of drug-likeness (QED) is 0.787. The standard InChI is InChI=1S/C10H18F2N4/c1-8-5-9(15(2)14-8)6-16(4-3-13)7-10(11)12/h5,10H,3-4,6-7,13H2,1-2H3. The molecule has 0 saturated carbocycles. The first-order valence-electron chi connectivity index (χ1n) is 5.23. The number of halogens is 2. The van der Waals surface area contributed by atoms with Crippen LogP contribution < -0.4 is 5.73 Å². The molecule has 0 aliphatic carbocycles. The Morgan fingerprint density at radius 1 is 1.56 bits per heavy atom. The first-order chi connectivity index (χ1) is 7.52. The normalized spacial score (nSPS) is 11.7. The van der Waals surface area contributed by atoms with Gasteiger partial charge in [-0.3, -0.25) is 9.58 Å². The number of aryl methyl sites for hydroxylation is 2. The summed E-state index contributed by atoms with van der Waals surface area (Å²) in [6.07, 6.45) is -2.33. The van der Waals surface area contributed by atoms with Crippen LogP contribution in [0.15, 0.2) is 6.07 Å². The lowest BCUT2D eigenvalue weighted by atomic mass is 10.3. The van der Waals surface area contributed by atoms with Crippen molar-refractivity contribution >= 4 is 0 Å². The van der Waals surface area contributed by atoms with Crippen LogP contribution in [0.25, 0.3) is 0 Å². The zero-order chi connectivity index (χ0) is 12.1. The average Bonchev–Trinajstić information content (AvgIpc) is 2.44. The molecule has 0 spiro atoms. The van der Waals surface area contributed by atoms with E-state index in [1.807, 2.05) is 20.0 Å². The van der Waals surface area contributed by atoms with Crippen molar-refractivity contribution in [2.75, 3.05) is 19.6 Å². The van der Waals surface area contributed by atoms with Gasteiger partial charge < -0.3 is 5.73 Å². The molecule has 1 aromatic rings. The molecule has 1 heterocycles. The number of alkyl halides is 2. The third-order valence-corrected chi connectivity index (χ3v) is 2.33. The molecule has 0 saturated heterocycles. The minimum Gasteiger partial charge on any atom is -0.329 e. The molecular weight excluding hydrogens is 214 g/mol. The number of aromatic nitrogens is 2. The average molecular weight is 232 g/mol. The molecule has 2 N–H and O–H groups in total. The van der Waals surface area contributed by atoms with E-state index in [2.05, 4.69) is 5.10 Å². The summed E-state index contributed by atoms with van der Waals surface area (Å²) < 4.78 is 26.3. The van der Waals surface area contributed by atoms with Gasteiger partial charge in [0.15, 0.2) is 0 Å². The number of nitrogens with zero attached hydrogens (tertiary/aromatic N) is 3. The first-order valence-corrected chi connectivity index (χ1v) is 5.23. The second-order valence-electron chi connectivity index (χ2n) is 3.82. The van der Waals surface area contributed by atoms with E-state index in [-0.39, 0.29) is 6.54 Å². The summed E-state index contributed by atoms with van der Waals surface area (Å²) in [4.78, 5) is 1.64. The van der Waals surface area contributed by atoms with E-state index in [1.54, 1.807) is 9.58 Å². The lowest BCUT2D eigenvalue weighted by Crippen LogP contribution is -2.33. The highest BCUT2D eigenvalue weighted by atomic mass is 19.3. The molecule has 4 nitrogen and oxygen atoms in total. The summed E-state index contributed by atoms with van der Waals surface area (Å²) in [6, 6.07) is 1.90. The number of hydrogen-bond donors (Lipinski definition) is 1. The van der Waals surface area contributed by atoms with Gasteiger partial charge in [0.1, 0.15) is 0 Å². The van der Waals surface area contributed by atoms with E-state index < -0.39 is 6.43 Å². The summed E-state index contributed by atoms with van der Waals surface area (Å²) in [6.45, 7) is 2.93. The molecule has 0 aliphatic heterocycles. The van der Waals surface area contributed by atoms with Crippen LogP contribution in [0.5, 0.6) is 0 Å². The summed E-state index contributed by atoms with van der Waals surface area (Å²) in [5, 5.41) is 4.17. The second-order valence-corrected chi connectivity index (χ2v) is 3.82. The van der Waals surface area contributed by atoms with E-state index >= 15 is 0 Å². The van der Waals surface area contributed by atoms with Gasteiger partial charge in [-0.05, 0) is 13.0 Å².